The van der Waals surface area contributed by atoms with Crippen LogP contribution in [0.1, 0.15) is 20.8 Å². The number of carbonyl (C=O) groups is 2. The van der Waals surface area contributed by atoms with Gasteiger partial charge in [-0.1, -0.05) is 13.8 Å². The van der Waals surface area contributed by atoms with Crippen molar-refractivity contribution in [2.45, 2.75) is 32.9 Å². The van der Waals surface area contributed by atoms with Gasteiger partial charge in [0.25, 0.3) is 0 Å². The van der Waals surface area contributed by atoms with E-state index in [1.807, 2.05) is 20.8 Å². The van der Waals surface area contributed by atoms with Crippen LogP contribution in [0.15, 0.2) is 0 Å². The molecule has 0 aliphatic carbocycles. The number of hydrogen-bond acceptors (Lipinski definition) is 5. The molecule has 7 nitrogen and oxygen atoms in total. The number of nitrogens with zero attached hydrogens (tertiary/aromatic N) is 1. The van der Waals surface area contributed by atoms with Gasteiger partial charge in [0.15, 0.2) is 0 Å². The van der Waals surface area contributed by atoms with Crippen molar-refractivity contribution in [2.24, 2.45) is 11.7 Å². The van der Waals surface area contributed by atoms with Crippen molar-refractivity contribution in [3.8, 4) is 0 Å². The Labute approximate surface area is 150 Å². The third kappa shape index (κ3) is 9.99. The summed E-state index contributed by atoms with van der Waals surface area (Å²) in [5.41, 5.74) is 5.71. The Morgan fingerprint density at radius 1 is 1.17 bits per heavy atom. The van der Waals surface area contributed by atoms with E-state index in [2.05, 4.69) is 15.5 Å². The zero-order chi connectivity index (χ0) is 15.8. The Bertz CT molecular complexity index is 353. The third-order valence-corrected chi connectivity index (χ3v) is 3.49. The first-order valence-corrected chi connectivity index (χ1v) is 7.53. The van der Waals surface area contributed by atoms with Gasteiger partial charge in [0.05, 0.1) is 25.8 Å². The predicted molar refractivity (Wildman–Crippen MR) is 95.2 cm³/mol. The second kappa shape index (κ2) is 12.8. The van der Waals surface area contributed by atoms with Gasteiger partial charge in [-0.2, -0.15) is 0 Å². The standard InChI is InChI=1S/C14H28N4O3.2ClH/c1-10(2)13(15)14(20)16-8-12(19)17-11(3)9-18-4-6-21-7-5-18;;/h10-11,13H,4-9,15H2,1-3H3,(H,16,20)(H,17,19);2*1H/t11?,13-;;/m0../s1. The van der Waals surface area contributed by atoms with E-state index in [0.717, 1.165) is 32.8 Å². The zero-order valence-corrected chi connectivity index (χ0v) is 15.7. The lowest BCUT2D eigenvalue weighted by Gasteiger charge is -2.29. The van der Waals surface area contributed by atoms with Crippen LogP contribution in [0.2, 0.25) is 0 Å². The minimum Gasteiger partial charge on any atom is -0.379 e. The Balaban J connectivity index is 0. The van der Waals surface area contributed by atoms with Gasteiger partial charge in [-0.3, -0.25) is 14.5 Å². The van der Waals surface area contributed by atoms with Crippen LogP contribution >= 0.6 is 24.8 Å². The molecule has 4 N–H and O–H groups in total. The molecular formula is C14H30Cl2N4O3. The normalized spacial score (nSPS) is 17.4. The van der Waals surface area contributed by atoms with Crippen LogP contribution in [0.3, 0.4) is 0 Å². The lowest BCUT2D eigenvalue weighted by Crippen LogP contribution is -2.50. The van der Waals surface area contributed by atoms with Crippen molar-refractivity contribution in [3.63, 3.8) is 0 Å². The monoisotopic (exact) mass is 372 g/mol. The Kier molecular flexibility index (Phi) is 13.7. The highest BCUT2D eigenvalue weighted by Gasteiger charge is 2.19. The Morgan fingerprint density at radius 3 is 2.26 bits per heavy atom. The first-order valence-electron chi connectivity index (χ1n) is 7.53. The quantitative estimate of drug-likeness (QED) is 0.573. The topological polar surface area (TPSA) is 96.7 Å². The molecule has 1 aliphatic rings. The lowest BCUT2D eigenvalue weighted by molar-refractivity contribution is -0.127. The van der Waals surface area contributed by atoms with Crippen molar-refractivity contribution in [1.82, 2.24) is 15.5 Å². The highest BCUT2D eigenvalue weighted by molar-refractivity contribution is 5.87. The summed E-state index contributed by atoms with van der Waals surface area (Å²) in [4.78, 5) is 25.7. The zero-order valence-electron chi connectivity index (χ0n) is 14.0. The molecule has 0 aromatic rings. The third-order valence-electron chi connectivity index (χ3n) is 3.49. The van der Waals surface area contributed by atoms with Gasteiger partial charge in [-0.15, -0.1) is 24.8 Å². The van der Waals surface area contributed by atoms with Crippen LogP contribution in [0.4, 0.5) is 0 Å². The van der Waals surface area contributed by atoms with Crippen LogP contribution in [0.5, 0.6) is 0 Å². The van der Waals surface area contributed by atoms with Gasteiger partial charge in [0, 0.05) is 25.7 Å². The maximum Gasteiger partial charge on any atom is 0.239 e. The molecule has 1 heterocycles. The minimum atomic E-state index is -0.580. The first kappa shape index (κ1) is 24.6. The maximum atomic E-state index is 11.8. The summed E-state index contributed by atoms with van der Waals surface area (Å²) in [5.74, 6) is -0.436. The number of hydrogen-bond donors (Lipinski definition) is 3. The van der Waals surface area contributed by atoms with E-state index in [9.17, 15) is 9.59 Å². The van der Waals surface area contributed by atoms with E-state index < -0.39 is 6.04 Å². The van der Waals surface area contributed by atoms with E-state index in [-0.39, 0.29) is 55.1 Å². The van der Waals surface area contributed by atoms with Crippen molar-refractivity contribution in [3.05, 3.63) is 0 Å². The summed E-state index contributed by atoms with van der Waals surface area (Å²) in [5, 5.41) is 5.44. The van der Waals surface area contributed by atoms with Gasteiger partial charge in [0.2, 0.25) is 11.8 Å². The van der Waals surface area contributed by atoms with Crippen LogP contribution < -0.4 is 16.4 Å². The Hall–Kier alpha value is -0.600. The molecule has 1 saturated heterocycles. The molecule has 9 heteroatoms. The number of nitrogens with two attached hydrogens (primary N) is 1. The molecule has 0 aromatic carbocycles. The van der Waals surface area contributed by atoms with Crippen LogP contribution in [-0.4, -0.2) is 68.2 Å². The summed E-state index contributed by atoms with van der Waals surface area (Å²) in [6, 6.07) is -0.546. The van der Waals surface area contributed by atoms with Crippen LogP contribution in [0.25, 0.3) is 0 Å². The molecule has 0 aromatic heterocycles. The second-order valence-corrected chi connectivity index (χ2v) is 5.87. The van der Waals surface area contributed by atoms with Crippen molar-refractivity contribution >= 4 is 36.6 Å². The van der Waals surface area contributed by atoms with E-state index in [0.29, 0.717) is 0 Å². The van der Waals surface area contributed by atoms with E-state index in [1.165, 1.54) is 0 Å². The summed E-state index contributed by atoms with van der Waals surface area (Å²) in [6.07, 6.45) is 0. The SMILES string of the molecule is CC(CN1CCOCC1)NC(=O)CNC(=O)[C@@H](N)C(C)C.Cl.Cl. The fourth-order valence-electron chi connectivity index (χ4n) is 2.13. The van der Waals surface area contributed by atoms with E-state index >= 15 is 0 Å². The molecule has 2 atom stereocenters. The maximum absolute atomic E-state index is 11.8. The van der Waals surface area contributed by atoms with Crippen molar-refractivity contribution in [1.29, 1.82) is 0 Å². The van der Waals surface area contributed by atoms with Gasteiger partial charge < -0.3 is 21.1 Å². The molecule has 0 saturated carbocycles. The molecule has 23 heavy (non-hydrogen) atoms. The van der Waals surface area contributed by atoms with Gasteiger partial charge in [-0.25, -0.2) is 0 Å². The molecule has 1 rings (SSSR count). The molecule has 1 aliphatic heterocycles. The summed E-state index contributed by atoms with van der Waals surface area (Å²) in [7, 11) is 0. The molecular weight excluding hydrogens is 343 g/mol. The average Bonchev–Trinajstić information content (AvgIpc) is 2.44. The fourth-order valence-corrected chi connectivity index (χ4v) is 2.13. The summed E-state index contributed by atoms with van der Waals surface area (Å²) < 4.78 is 5.28. The van der Waals surface area contributed by atoms with E-state index in [1.54, 1.807) is 0 Å². The average molecular weight is 373 g/mol. The van der Waals surface area contributed by atoms with Gasteiger partial charge in [-0.05, 0) is 12.8 Å². The van der Waals surface area contributed by atoms with Crippen molar-refractivity contribution in [2.75, 3.05) is 39.4 Å². The second-order valence-electron chi connectivity index (χ2n) is 5.87. The highest BCUT2D eigenvalue weighted by atomic mass is 35.5. The molecule has 2 amide bonds. The molecule has 138 valence electrons. The molecule has 0 bridgehead atoms. The fraction of sp³-hybridized carbons (Fsp3) is 0.857. The minimum absolute atomic E-state index is 0. The summed E-state index contributed by atoms with van der Waals surface area (Å²) in [6.45, 7) is 9.70. The lowest BCUT2D eigenvalue weighted by atomic mass is 10.1. The first-order chi connectivity index (χ1) is 9.90. The predicted octanol–water partition coefficient (Wildman–Crippen LogP) is -0.234. The highest BCUT2D eigenvalue weighted by Crippen LogP contribution is 1.99. The van der Waals surface area contributed by atoms with E-state index in [4.69, 9.17) is 10.5 Å². The van der Waals surface area contributed by atoms with Gasteiger partial charge in [0.1, 0.15) is 0 Å². The number of carbonyl (C=O) groups excluding carboxylic acids is 2. The smallest absolute Gasteiger partial charge is 0.239 e. The number of nitrogens with one attached hydrogen (secondary N) is 2. The summed E-state index contributed by atoms with van der Waals surface area (Å²) >= 11 is 0. The Morgan fingerprint density at radius 2 is 1.74 bits per heavy atom. The molecule has 1 unspecified atom stereocenters. The van der Waals surface area contributed by atoms with Crippen molar-refractivity contribution < 1.29 is 14.3 Å². The number of ether oxygens (including phenoxy) is 1. The molecule has 0 spiro atoms. The number of halogens is 2. The molecule has 1 fully saturated rings. The number of morpholine rings is 1. The van der Waals surface area contributed by atoms with Crippen LogP contribution in [0, 0.1) is 5.92 Å². The number of rotatable bonds is 7. The molecule has 0 radical (unpaired) electrons. The van der Waals surface area contributed by atoms with Crippen LogP contribution in [-0.2, 0) is 14.3 Å². The largest absolute Gasteiger partial charge is 0.379 e. The van der Waals surface area contributed by atoms with Gasteiger partial charge >= 0.3 is 0 Å². The number of amides is 2.